The van der Waals surface area contributed by atoms with Gasteiger partial charge < -0.3 is 24.4 Å². The lowest BCUT2D eigenvalue weighted by Crippen LogP contribution is -2.52. The van der Waals surface area contributed by atoms with E-state index < -0.39 is 28.5 Å². The molecule has 3 aromatic rings. The number of benzene rings is 3. The second-order valence-corrected chi connectivity index (χ2v) is 12.7. The van der Waals surface area contributed by atoms with E-state index in [9.17, 15) is 18.0 Å². The number of anilines is 1. The van der Waals surface area contributed by atoms with Crippen molar-refractivity contribution in [3.05, 3.63) is 76.8 Å². The molecule has 0 bridgehead atoms. The number of hydrogen-bond acceptors (Lipinski definition) is 7. The summed E-state index contributed by atoms with van der Waals surface area (Å²) in [6, 6.07) is 17.0. The molecule has 0 aromatic heterocycles. The smallest absolute Gasteiger partial charge is 0.264 e. The van der Waals surface area contributed by atoms with Crippen molar-refractivity contribution in [3.63, 3.8) is 0 Å². The molecule has 0 saturated carbocycles. The summed E-state index contributed by atoms with van der Waals surface area (Å²) in [6.45, 7) is 7.08. The number of rotatable bonds is 14. The molecule has 232 valence electrons. The normalized spacial score (nSPS) is 11.9. The first-order valence-corrected chi connectivity index (χ1v) is 16.0. The number of methoxy groups -OCH3 is 2. The minimum absolute atomic E-state index is 0.0896. The van der Waals surface area contributed by atoms with Gasteiger partial charge in [0.05, 0.1) is 31.4 Å². The van der Waals surface area contributed by atoms with E-state index in [4.69, 9.17) is 14.2 Å². The van der Waals surface area contributed by atoms with Gasteiger partial charge in [0.15, 0.2) is 11.5 Å². The van der Waals surface area contributed by atoms with Crippen LogP contribution >= 0.6 is 15.9 Å². The lowest BCUT2D eigenvalue weighted by atomic mass is 10.1. The predicted molar refractivity (Wildman–Crippen MR) is 169 cm³/mol. The van der Waals surface area contributed by atoms with Crippen LogP contribution in [-0.2, 0) is 26.2 Å². The number of carbonyl (C=O) groups excluding carboxylic acids is 2. The third-order valence-electron chi connectivity index (χ3n) is 6.52. The van der Waals surface area contributed by atoms with Crippen LogP contribution in [0.3, 0.4) is 0 Å². The van der Waals surface area contributed by atoms with Gasteiger partial charge in [-0.3, -0.25) is 13.9 Å². The number of nitrogens with one attached hydrogen (secondary N) is 1. The summed E-state index contributed by atoms with van der Waals surface area (Å²) in [4.78, 5) is 28.4. The molecule has 3 aromatic carbocycles. The van der Waals surface area contributed by atoms with E-state index in [0.717, 1.165) is 14.3 Å². The van der Waals surface area contributed by atoms with Gasteiger partial charge in [0.25, 0.3) is 10.0 Å². The third-order valence-corrected chi connectivity index (χ3v) is 8.82. The monoisotopic (exact) mass is 675 g/mol. The molecule has 0 aliphatic rings. The number of nitrogens with zero attached hydrogens (tertiary/aromatic N) is 2. The molecule has 43 heavy (non-hydrogen) atoms. The van der Waals surface area contributed by atoms with Crippen LogP contribution in [0.15, 0.2) is 76.1 Å². The molecule has 0 aliphatic heterocycles. The number of ether oxygens (including phenoxy) is 3. The van der Waals surface area contributed by atoms with E-state index in [1.807, 2.05) is 45.0 Å². The second kappa shape index (κ2) is 15.1. The van der Waals surface area contributed by atoms with Crippen molar-refractivity contribution in [2.45, 2.75) is 51.2 Å². The Labute approximate surface area is 262 Å². The molecule has 0 unspecified atom stereocenters. The fourth-order valence-electron chi connectivity index (χ4n) is 4.28. The second-order valence-electron chi connectivity index (χ2n) is 9.94. The molecule has 3 rings (SSSR count). The Kier molecular flexibility index (Phi) is 11.8. The van der Waals surface area contributed by atoms with E-state index in [0.29, 0.717) is 18.1 Å². The fourth-order valence-corrected chi connectivity index (χ4v) is 5.98. The van der Waals surface area contributed by atoms with Crippen LogP contribution in [0, 0.1) is 0 Å². The maximum Gasteiger partial charge on any atom is 0.264 e. The number of hydrogen-bond donors (Lipinski definition) is 1. The van der Waals surface area contributed by atoms with Gasteiger partial charge in [-0.15, -0.1) is 0 Å². The summed E-state index contributed by atoms with van der Waals surface area (Å²) >= 11 is 3.41. The fraction of sp³-hybridized carbons (Fsp3) is 0.355. The number of sulfonamides is 1. The largest absolute Gasteiger partial charge is 0.494 e. The van der Waals surface area contributed by atoms with Gasteiger partial charge in [-0.1, -0.05) is 28.1 Å². The van der Waals surface area contributed by atoms with Crippen molar-refractivity contribution in [2.75, 3.05) is 31.7 Å². The highest BCUT2D eigenvalue weighted by Crippen LogP contribution is 2.33. The molecule has 0 aliphatic carbocycles. The van der Waals surface area contributed by atoms with Crippen molar-refractivity contribution >= 4 is 43.5 Å². The quantitative estimate of drug-likeness (QED) is 0.256. The summed E-state index contributed by atoms with van der Waals surface area (Å²) < 4.78 is 46.3. The molecule has 1 N–H and O–H groups in total. The van der Waals surface area contributed by atoms with Gasteiger partial charge in [-0.25, -0.2) is 8.42 Å². The van der Waals surface area contributed by atoms with E-state index >= 15 is 0 Å². The van der Waals surface area contributed by atoms with Gasteiger partial charge in [0, 0.05) is 23.1 Å². The number of halogens is 1. The topological polar surface area (TPSA) is 114 Å². The number of amides is 2. The van der Waals surface area contributed by atoms with Crippen LogP contribution in [0.5, 0.6) is 17.2 Å². The molecule has 1 atom stereocenters. The Hall–Kier alpha value is -3.77. The van der Waals surface area contributed by atoms with Crippen molar-refractivity contribution in [2.24, 2.45) is 0 Å². The molecule has 0 fully saturated rings. The van der Waals surface area contributed by atoms with Crippen molar-refractivity contribution in [1.82, 2.24) is 10.2 Å². The van der Waals surface area contributed by atoms with E-state index in [-0.39, 0.29) is 34.8 Å². The van der Waals surface area contributed by atoms with E-state index in [2.05, 4.69) is 21.2 Å². The maximum atomic E-state index is 14.2. The van der Waals surface area contributed by atoms with Gasteiger partial charge in [0.2, 0.25) is 11.8 Å². The van der Waals surface area contributed by atoms with Gasteiger partial charge >= 0.3 is 0 Å². The zero-order valence-electron chi connectivity index (χ0n) is 25.2. The Balaban J connectivity index is 2.08. The third kappa shape index (κ3) is 8.64. The van der Waals surface area contributed by atoms with Crippen LogP contribution in [-0.4, -0.2) is 64.6 Å². The lowest BCUT2D eigenvalue weighted by Gasteiger charge is -2.32. The molecular weight excluding hydrogens is 638 g/mol. The molecule has 12 heteroatoms. The zero-order valence-corrected chi connectivity index (χ0v) is 27.6. The molecule has 0 saturated heterocycles. The molecule has 2 amide bonds. The Bertz CT molecular complexity index is 1500. The summed E-state index contributed by atoms with van der Waals surface area (Å²) in [5, 5.41) is 2.84. The van der Waals surface area contributed by atoms with Gasteiger partial charge in [-0.05, 0) is 81.8 Å². The summed E-state index contributed by atoms with van der Waals surface area (Å²) in [5.74, 6) is 0.216. The number of carbonyl (C=O) groups is 2. The molecular formula is C31H38BrN3O7S. The Morgan fingerprint density at radius 2 is 1.53 bits per heavy atom. The lowest BCUT2D eigenvalue weighted by molar-refractivity contribution is -0.139. The van der Waals surface area contributed by atoms with Crippen molar-refractivity contribution in [1.29, 1.82) is 0 Å². The minimum Gasteiger partial charge on any atom is -0.494 e. The highest BCUT2D eigenvalue weighted by molar-refractivity contribution is 9.10. The van der Waals surface area contributed by atoms with Gasteiger partial charge in [0.1, 0.15) is 18.3 Å². The molecule has 0 radical (unpaired) electrons. The summed E-state index contributed by atoms with van der Waals surface area (Å²) in [7, 11) is -1.45. The van der Waals surface area contributed by atoms with Crippen LogP contribution in [0.25, 0.3) is 0 Å². The first-order valence-electron chi connectivity index (χ1n) is 13.7. The average Bonchev–Trinajstić information content (AvgIpc) is 2.98. The van der Waals surface area contributed by atoms with Crippen LogP contribution in [0.2, 0.25) is 0 Å². The maximum absolute atomic E-state index is 14.2. The van der Waals surface area contributed by atoms with Crippen LogP contribution in [0.4, 0.5) is 5.69 Å². The first-order chi connectivity index (χ1) is 20.4. The highest BCUT2D eigenvalue weighted by atomic mass is 79.9. The van der Waals surface area contributed by atoms with Crippen LogP contribution < -0.4 is 23.8 Å². The predicted octanol–water partition coefficient (Wildman–Crippen LogP) is 5.00. The highest BCUT2D eigenvalue weighted by Gasteiger charge is 2.33. The molecule has 0 heterocycles. The zero-order chi connectivity index (χ0) is 31.7. The van der Waals surface area contributed by atoms with Gasteiger partial charge in [-0.2, -0.15) is 0 Å². The minimum atomic E-state index is -4.31. The Morgan fingerprint density at radius 3 is 2.09 bits per heavy atom. The Morgan fingerprint density at radius 1 is 0.907 bits per heavy atom. The molecule has 10 nitrogen and oxygen atoms in total. The van der Waals surface area contributed by atoms with E-state index in [1.165, 1.54) is 37.3 Å². The van der Waals surface area contributed by atoms with E-state index in [1.54, 1.807) is 31.2 Å². The summed E-state index contributed by atoms with van der Waals surface area (Å²) in [5.41, 5.74) is 1.02. The first kappa shape index (κ1) is 33.7. The average molecular weight is 677 g/mol. The van der Waals surface area contributed by atoms with Crippen molar-refractivity contribution in [3.8, 4) is 17.2 Å². The van der Waals surface area contributed by atoms with Crippen LogP contribution in [0.1, 0.15) is 33.3 Å². The SMILES string of the molecule is CCOc1ccc(N(CC(=O)N(Cc2ccc(Br)cc2)[C@@H](C)C(=O)NC(C)C)S(=O)(=O)c2ccc(OC)c(OC)c2)cc1. The summed E-state index contributed by atoms with van der Waals surface area (Å²) in [6.07, 6.45) is 0. The molecule has 0 spiro atoms. The van der Waals surface area contributed by atoms with Crippen molar-refractivity contribution < 1.29 is 32.2 Å². The standard InChI is InChI=1S/C31H38BrN3O7S/c1-7-42-26-14-12-25(13-15-26)35(43(38,39)27-16-17-28(40-5)29(18-27)41-6)20-30(36)34(22(4)31(37)33-21(2)3)19-23-8-10-24(32)11-9-23/h8-18,21-22H,7,19-20H2,1-6H3,(H,33,37)/t22-/m0/s1.